The lowest BCUT2D eigenvalue weighted by Crippen LogP contribution is -2.49. The minimum absolute atomic E-state index is 0.170. The normalized spacial score (nSPS) is 13.7. The Morgan fingerprint density at radius 1 is 0.846 bits per heavy atom. The van der Waals surface area contributed by atoms with Crippen LogP contribution < -0.4 is 4.90 Å². The van der Waals surface area contributed by atoms with Crippen molar-refractivity contribution in [1.82, 2.24) is 24.3 Å². The first-order chi connectivity index (χ1) is 19.1. The van der Waals surface area contributed by atoms with Gasteiger partial charge in [-0.25, -0.2) is 15.0 Å². The Morgan fingerprint density at radius 2 is 1.62 bits per heavy atom. The molecule has 7 heteroatoms. The number of imidazole rings is 1. The van der Waals surface area contributed by atoms with Gasteiger partial charge < -0.3 is 14.2 Å². The van der Waals surface area contributed by atoms with Gasteiger partial charge in [0.25, 0.3) is 0 Å². The van der Waals surface area contributed by atoms with E-state index in [-0.39, 0.29) is 5.91 Å². The number of fused-ring (bicyclic) bond motifs is 1. The molecule has 0 bridgehead atoms. The number of piperazine rings is 1. The lowest BCUT2D eigenvalue weighted by Gasteiger charge is -2.34. The van der Waals surface area contributed by atoms with Gasteiger partial charge in [-0.15, -0.1) is 0 Å². The first-order valence-corrected chi connectivity index (χ1v) is 13.5. The van der Waals surface area contributed by atoms with E-state index < -0.39 is 0 Å². The maximum absolute atomic E-state index is 13.3. The number of carbonyl (C=O) groups excluding carboxylic acids is 1. The molecule has 5 aromatic rings. The summed E-state index contributed by atoms with van der Waals surface area (Å²) < 4.78 is 2.18. The molecule has 1 amide bonds. The minimum Gasteiger partial charge on any atom is -0.339 e. The molecule has 4 heterocycles. The van der Waals surface area contributed by atoms with E-state index in [9.17, 15) is 4.79 Å². The molecule has 6 rings (SSSR count). The number of pyridine rings is 1. The van der Waals surface area contributed by atoms with Gasteiger partial charge in [0.15, 0.2) is 0 Å². The molecule has 196 valence electrons. The summed E-state index contributed by atoms with van der Waals surface area (Å²) in [6.07, 6.45) is 6.73. The highest BCUT2D eigenvalue weighted by molar-refractivity contribution is 5.78. The number of hydrogen-bond donors (Lipinski definition) is 0. The smallest absolute Gasteiger partial charge is 0.225 e. The molecule has 0 aliphatic carbocycles. The van der Waals surface area contributed by atoms with Crippen molar-refractivity contribution in [2.75, 3.05) is 31.1 Å². The fourth-order valence-corrected chi connectivity index (χ4v) is 5.36. The fraction of sp³-hybridized carbons (Fsp3) is 0.250. The fourth-order valence-electron chi connectivity index (χ4n) is 5.36. The predicted octanol–water partition coefficient (Wildman–Crippen LogP) is 5.36. The number of anilines is 1. The van der Waals surface area contributed by atoms with Gasteiger partial charge in [-0.1, -0.05) is 54.1 Å². The highest BCUT2D eigenvalue weighted by Gasteiger charge is 2.23. The molecule has 0 atom stereocenters. The second-order valence-electron chi connectivity index (χ2n) is 10.2. The molecule has 3 aromatic heterocycles. The third kappa shape index (κ3) is 5.12. The number of carbonyl (C=O) groups is 1. The summed E-state index contributed by atoms with van der Waals surface area (Å²) in [7, 11) is 0. The third-order valence-electron chi connectivity index (χ3n) is 7.51. The first kappa shape index (κ1) is 24.8. The quantitative estimate of drug-likeness (QED) is 0.304. The Morgan fingerprint density at radius 3 is 2.38 bits per heavy atom. The van der Waals surface area contributed by atoms with Crippen LogP contribution >= 0.6 is 0 Å². The molecule has 0 spiro atoms. The van der Waals surface area contributed by atoms with Crippen molar-refractivity contribution < 1.29 is 4.79 Å². The SMILES string of the molecule is Cc1ccc(C)c(-c2ccc3nc(-c4ccccc4)c(CCC(=O)N4CCN(c5ncccn5)CC4)n3c2)c1. The van der Waals surface area contributed by atoms with Crippen LogP contribution in [0, 0.1) is 13.8 Å². The molecule has 1 aliphatic heterocycles. The Kier molecular flexibility index (Phi) is 6.80. The van der Waals surface area contributed by atoms with Gasteiger partial charge in [0.1, 0.15) is 5.65 Å². The van der Waals surface area contributed by atoms with Crippen LogP contribution in [0.4, 0.5) is 5.95 Å². The largest absolute Gasteiger partial charge is 0.339 e. The molecule has 39 heavy (non-hydrogen) atoms. The number of aryl methyl sites for hydroxylation is 3. The highest BCUT2D eigenvalue weighted by atomic mass is 16.2. The molecule has 0 N–H and O–H groups in total. The van der Waals surface area contributed by atoms with Crippen molar-refractivity contribution in [1.29, 1.82) is 0 Å². The third-order valence-corrected chi connectivity index (χ3v) is 7.51. The van der Waals surface area contributed by atoms with Gasteiger partial charge in [0.2, 0.25) is 11.9 Å². The Labute approximate surface area is 228 Å². The van der Waals surface area contributed by atoms with Crippen molar-refractivity contribution in [3.05, 3.63) is 102 Å². The average Bonchev–Trinajstić information content (AvgIpc) is 3.36. The summed E-state index contributed by atoms with van der Waals surface area (Å²) in [4.78, 5) is 31.1. The molecular formula is C32H32N6O. The number of nitrogens with zero attached hydrogens (tertiary/aromatic N) is 6. The van der Waals surface area contributed by atoms with Crippen molar-refractivity contribution in [2.24, 2.45) is 0 Å². The monoisotopic (exact) mass is 516 g/mol. The molecular weight excluding hydrogens is 484 g/mol. The lowest BCUT2D eigenvalue weighted by atomic mass is 10.00. The summed E-state index contributed by atoms with van der Waals surface area (Å²) in [5, 5.41) is 0. The van der Waals surface area contributed by atoms with Crippen LogP contribution in [0.15, 0.2) is 85.3 Å². The van der Waals surface area contributed by atoms with Crippen LogP contribution in [0.25, 0.3) is 28.0 Å². The lowest BCUT2D eigenvalue weighted by molar-refractivity contribution is -0.131. The molecule has 0 radical (unpaired) electrons. The highest BCUT2D eigenvalue weighted by Crippen LogP contribution is 2.30. The summed E-state index contributed by atoms with van der Waals surface area (Å²) >= 11 is 0. The Hall–Kier alpha value is -4.52. The van der Waals surface area contributed by atoms with Gasteiger partial charge >= 0.3 is 0 Å². The maximum atomic E-state index is 13.3. The van der Waals surface area contributed by atoms with E-state index in [0.29, 0.717) is 25.9 Å². The zero-order valence-electron chi connectivity index (χ0n) is 22.4. The van der Waals surface area contributed by atoms with Gasteiger partial charge in [0, 0.05) is 56.8 Å². The van der Waals surface area contributed by atoms with E-state index in [1.807, 2.05) is 29.2 Å². The van der Waals surface area contributed by atoms with E-state index in [4.69, 9.17) is 4.98 Å². The van der Waals surface area contributed by atoms with Crippen molar-refractivity contribution in [3.63, 3.8) is 0 Å². The second-order valence-corrected chi connectivity index (χ2v) is 10.2. The molecule has 0 saturated carbocycles. The van der Waals surface area contributed by atoms with E-state index in [1.54, 1.807) is 12.4 Å². The Balaban J connectivity index is 1.27. The average molecular weight is 517 g/mol. The van der Waals surface area contributed by atoms with Crippen molar-refractivity contribution in [2.45, 2.75) is 26.7 Å². The van der Waals surface area contributed by atoms with Crippen LogP contribution in [-0.2, 0) is 11.2 Å². The molecule has 1 fully saturated rings. The molecule has 2 aromatic carbocycles. The molecule has 7 nitrogen and oxygen atoms in total. The molecule has 1 saturated heterocycles. The van der Waals surface area contributed by atoms with Crippen LogP contribution in [0.3, 0.4) is 0 Å². The Bertz CT molecular complexity index is 1600. The summed E-state index contributed by atoms with van der Waals surface area (Å²) in [6.45, 7) is 7.08. The molecule has 0 unspecified atom stereocenters. The van der Waals surface area contributed by atoms with Crippen LogP contribution in [0.1, 0.15) is 23.2 Å². The van der Waals surface area contributed by atoms with Crippen LogP contribution in [0.5, 0.6) is 0 Å². The van der Waals surface area contributed by atoms with E-state index in [2.05, 4.69) is 81.8 Å². The zero-order chi connectivity index (χ0) is 26.8. The number of benzene rings is 2. The molecule has 1 aliphatic rings. The van der Waals surface area contributed by atoms with Gasteiger partial charge in [-0.3, -0.25) is 4.79 Å². The number of aromatic nitrogens is 4. The number of amides is 1. The van der Waals surface area contributed by atoms with E-state index in [1.165, 1.54) is 16.7 Å². The van der Waals surface area contributed by atoms with Crippen LogP contribution in [-0.4, -0.2) is 56.3 Å². The number of hydrogen-bond acceptors (Lipinski definition) is 5. The second kappa shape index (κ2) is 10.7. The van der Waals surface area contributed by atoms with Gasteiger partial charge in [0.05, 0.1) is 11.4 Å². The van der Waals surface area contributed by atoms with Gasteiger partial charge in [-0.2, -0.15) is 0 Å². The topological polar surface area (TPSA) is 66.6 Å². The van der Waals surface area contributed by atoms with Crippen molar-refractivity contribution in [3.8, 4) is 22.4 Å². The summed E-state index contributed by atoms with van der Waals surface area (Å²) in [5.74, 6) is 0.894. The minimum atomic E-state index is 0.170. The predicted molar refractivity (Wildman–Crippen MR) is 155 cm³/mol. The first-order valence-electron chi connectivity index (χ1n) is 13.5. The summed E-state index contributed by atoms with van der Waals surface area (Å²) in [6, 6.07) is 22.8. The zero-order valence-corrected chi connectivity index (χ0v) is 22.4. The van der Waals surface area contributed by atoms with Crippen molar-refractivity contribution >= 4 is 17.5 Å². The van der Waals surface area contributed by atoms with Gasteiger partial charge in [-0.05, 0) is 55.2 Å². The standard InChI is InChI=1S/C32H32N6O/c1-23-9-10-24(2)27(21-23)26-11-13-29-35-31(25-7-4-3-5-8-25)28(38(29)22-26)12-14-30(39)36-17-19-37(20-18-36)32-33-15-6-16-34-32/h3-11,13,15-16,21-22H,12,14,17-20H2,1-2H3. The summed E-state index contributed by atoms with van der Waals surface area (Å²) in [5.41, 5.74) is 8.79. The maximum Gasteiger partial charge on any atom is 0.225 e. The number of rotatable bonds is 6. The van der Waals surface area contributed by atoms with Crippen LogP contribution in [0.2, 0.25) is 0 Å². The van der Waals surface area contributed by atoms with E-state index in [0.717, 1.165) is 47.2 Å². The van der Waals surface area contributed by atoms with E-state index >= 15 is 0 Å².